The Morgan fingerprint density at radius 3 is 2.22 bits per heavy atom. The largest absolute Gasteiger partial charge is 0.396 e. The second-order valence-corrected chi connectivity index (χ2v) is 4.56. The standard InChI is InChI=1S/C7H13IO/c8-7-3-1-6(5-9)2-4-7/h6-7,9H,1-5H2. The number of hydrogen-bond acceptors (Lipinski definition) is 1. The van der Waals surface area contributed by atoms with Crippen LogP contribution in [0.3, 0.4) is 0 Å². The second-order valence-electron chi connectivity index (χ2n) is 2.80. The van der Waals surface area contributed by atoms with Crippen molar-refractivity contribution in [3.63, 3.8) is 0 Å². The van der Waals surface area contributed by atoms with E-state index in [2.05, 4.69) is 22.6 Å². The SMILES string of the molecule is OCC1CCC(I)CC1. The molecule has 0 aliphatic heterocycles. The summed E-state index contributed by atoms with van der Waals surface area (Å²) in [7, 11) is 0. The Kier molecular flexibility index (Phi) is 3.26. The predicted octanol–water partition coefficient (Wildman–Crippen LogP) is 1.97. The van der Waals surface area contributed by atoms with E-state index in [1.54, 1.807) is 0 Å². The van der Waals surface area contributed by atoms with Crippen molar-refractivity contribution in [1.82, 2.24) is 0 Å². The van der Waals surface area contributed by atoms with Crippen molar-refractivity contribution in [2.24, 2.45) is 5.92 Å². The van der Waals surface area contributed by atoms with Crippen molar-refractivity contribution in [3.05, 3.63) is 0 Å². The van der Waals surface area contributed by atoms with Gasteiger partial charge in [-0.25, -0.2) is 0 Å². The van der Waals surface area contributed by atoms with E-state index in [0.717, 1.165) is 3.92 Å². The Labute approximate surface area is 70.0 Å². The molecule has 1 fully saturated rings. The fourth-order valence-corrected chi connectivity index (χ4v) is 2.02. The van der Waals surface area contributed by atoms with Crippen molar-refractivity contribution < 1.29 is 5.11 Å². The summed E-state index contributed by atoms with van der Waals surface area (Å²) < 4.78 is 0.880. The molecule has 9 heavy (non-hydrogen) atoms. The first-order valence-electron chi connectivity index (χ1n) is 3.58. The molecule has 54 valence electrons. The molecule has 1 nitrogen and oxygen atoms in total. The first-order chi connectivity index (χ1) is 4.33. The fourth-order valence-electron chi connectivity index (χ4n) is 1.30. The lowest BCUT2D eigenvalue weighted by Gasteiger charge is -2.22. The fraction of sp³-hybridized carbons (Fsp3) is 1.00. The molecule has 1 rings (SSSR count). The molecule has 0 atom stereocenters. The lowest BCUT2D eigenvalue weighted by atomic mass is 9.90. The summed E-state index contributed by atoms with van der Waals surface area (Å²) in [5.74, 6) is 0.621. The van der Waals surface area contributed by atoms with E-state index in [-0.39, 0.29) is 0 Å². The summed E-state index contributed by atoms with van der Waals surface area (Å²) in [6.45, 7) is 0.406. The van der Waals surface area contributed by atoms with E-state index in [1.807, 2.05) is 0 Å². The van der Waals surface area contributed by atoms with E-state index in [1.165, 1.54) is 25.7 Å². The lowest BCUT2D eigenvalue weighted by Crippen LogP contribution is -2.16. The van der Waals surface area contributed by atoms with Crippen LogP contribution in [0.25, 0.3) is 0 Å². The Balaban J connectivity index is 2.18. The van der Waals surface area contributed by atoms with Gasteiger partial charge in [0.25, 0.3) is 0 Å². The van der Waals surface area contributed by atoms with Crippen LogP contribution in [0.5, 0.6) is 0 Å². The van der Waals surface area contributed by atoms with Gasteiger partial charge in [0.2, 0.25) is 0 Å². The van der Waals surface area contributed by atoms with Gasteiger partial charge in [0, 0.05) is 10.5 Å². The average molecular weight is 240 g/mol. The molecule has 0 aromatic carbocycles. The van der Waals surface area contributed by atoms with Gasteiger partial charge in [-0.1, -0.05) is 22.6 Å². The van der Waals surface area contributed by atoms with Gasteiger partial charge >= 0.3 is 0 Å². The van der Waals surface area contributed by atoms with Crippen LogP contribution in [-0.2, 0) is 0 Å². The quantitative estimate of drug-likeness (QED) is 0.548. The molecule has 0 unspecified atom stereocenters. The highest BCUT2D eigenvalue weighted by Crippen LogP contribution is 2.28. The minimum Gasteiger partial charge on any atom is -0.396 e. The lowest BCUT2D eigenvalue weighted by molar-refractivity contribution is 0.193. The zero-order valence-corrected chi connectivity index (χ0v) is 7.67. The Morgan fingerprint density at radius 1 is 1.22 bits per heavy atom. The van der Waals surface area contributed by atoms with Gasteiger partial charge in [0.15, 0.2) is 0 Å². The highest BCUT2D eigenvalue weighted by Gasteiger charge is 2.17. The maximum absolute atomic E-state index is 8.77. The predicted molar refractivity (Wildman–Crippen MR) is 46.9 cm³/mol. The summed E-state index contributed by atoms with van der Waals surface area (Å²) in [6, 6.07) is 0. The first-order valence-corrected chi connectivity index (χ1v) is 4.82. The zero-order chi connectivity index (χ0) is 6.69. The van der Waals surface area contributed by atoms with Gasteiger partial charge in [0.1, 0.15) is 0 Å². The van der Waals surface area contributed by atoms with Crippen LogP contribution in [0.2, 0.25) is 0 Å². The van der Waals surface area contributed by atoms with E-state index < -0.39 is 0 Å². The molecule has 0 spiro atoms. The van der Waals surface area contributed by atoms with Crippen molar-refractivity contribution in [1.29, 1.82) is 0 Å². The first kappa shape index (κ1) is 7.79. The number of alkyl halides is 1. The van der Waals surface area contributed by atoms with Gasteiger partial charge in [-0.15, -0.1) is 0 Å². The molecule has 0 saturated heterocycles. The van der Waals surface area contributed by atoms with Crippen molar-refractivity contribution in [2.45, 2.75) is 29.6 Å². The van der Waals surface area contributed by atoms with Crippen LogP contribution in [0.1, 0.15) is 25.7 Å². The third-order valence-corrected chi connectivity index (χ3v) is 3.28. The molecule has 0 amide bonds. The molecular weight excluding hydrogens is 227 g/mol. The van der Waals surface area contributed by atoms with Crippen LogP contribution in [0.4, 0.5) is 0 Å². The van der Waals surface area contributed by atoms with Crippen LogP contribution in [0.15, 0.2) is 0 Å². The number of rotatable bonds is 1. The van der Waals surface area contributed by atoms with E-state index in [4.69, 9.17) is 5.11 Å². The van der Waals surface area contributed by atoms with Gasteiger partial charge in [0.05, 0.1) is 0 Å². The summed E-state index contributed by atoms with van der Waals surface area (Å²) >= 11 is 2.50. The van der Waals surface area contributed by atoms with Crippen molar-refractivity contribution in [3.8, 4) is 0 Å². The topological polar surface area (TPSA) is 20.2 Å². The molecule has 0 bridgehead atoms. The molecule has 1 saturated carbocycles. The Hall–Kier alpha value is 0.690. The van der Waals surface area contributed by atoms with Gasteiger partial charge < -0.3 is 5.11 Å². The molecule has 2 heteroatoms. The maximum Gasteiger partial charge on any atom is 0.0459 e. The molecule has 0 heterocycles. The Bertz CT molecular complexity index is 77.0. The third kappa shape index (κ3) is 2.42. The summed E-state index contributed by atoms with van der Waals surface area (Å²) in [5, 5.41) is 8.77. The minimum absolute atomic E-state index is 0.406. The monoisotopic (exact) mass is 240 g/mol. The second kappa shape index (κ2) is 3.76. The van der Waals surface area contributed by atoms with E-state index in [0.29, 0.717) is 12.5 Å². The normalized spacial score (nSPS) is 36.7. The van der Waals surface area contributed by atoms with Crippen molar-refractivity contribution in [2.75, 3.05) is 6.61 Å². The van der Waals surface area contributed by atoms with Gasteiger partial charge in [-0.3, -0.25) is 0 Å². The van der Waals surface area contributed by atoms with Gasteiger partial charge in [-0.2, -0.15) is 0 Å². The molecule has 1 aliphatic carbocycles. The molecular formula is C7H13IO. The van der Waals surface area contributed by atoms with Crippen LogP contribution < -0.4 is 0 Å². The summed E-state index contributed by atoms with van der Waals surface area (Å²) in [6.07, 6.45) is 5.10. The molecule has 0 aromatic rings. The van der Waals surface area contributed by atoms with Crippen LogP contribution in [-0.4, -0.2) is 15.6 Å². The summed E-state index contributed by atoms with van der Waals surface area (Å²) in [5.41, 5.74) is 0. The van der Waals surface area contributed by atoms with Gasteiger partial charge in [-0.05, 0) is 31.6 Å². The van der Waals surface area contributed by atoms with E-state index in [9.17, 15) is 0 Å². The maximum atomic E-state index is 8.77. The molecule has 1 N–H and O–H groups in total. The average Bonchev–Trinajstić information content (AvgIpc) is 1.90. The zero-order valence-electron chi connectivity index (χ0n) is 5.52. The Morgan fingerprint density at radius 2 is 1.78 bits per heavy atom. The number of aliphatic hydroxyl groups excluding tert-OH is 1. The number of hydrogen-bond donors (Lipinski definition) is 1. The smallest absolute Gasteiger partial charge is 0.0459 e. The number of halogens is 1. The third-order valence-electron chi connectivity index (χ3n) is 2.03. The van der Waals surface area contributed by atoms with Crippen molar-refractivity contribution >= 4 is 22.6 Å². The molecule has 0 aromatic heterocycles. The molecule has 0 radical (unpaired) electrons. The summed E-state index contributed by atoms with van der Waals surface area (Å²) in [4.78, 5) is 0. The van der Waals surface area contributed by atoms with Crippen LogP contribution >= 0.6 is 22.6 Å². The number of aliphatic hydroxyl groups is 1. The molecule has 1 aliphatic rings. The highest BCUT2D eigenvalue weighted by atomic mass is 127. The minimum atomic E-state index is 0.406. The van der Waals surface area contributed by atoms with Crippen LogP contribution in [0, 0.1) is 5.92 Å². The van der Waals surface area contributed by atoms with E-state index >= 15 is 0 Å². The highest BCUT2D eigenvalue weighted by molar-refractivity contribution is 14.1.